The summed E-state index contributed by atoms with van der Waals surface area (Å²) in [5.41, 5.74) is 0.382. The topological polar surface area (TPSA) is 77.9 Å². The summed E-state index contributed by atoms with van der Waals surface area (Å²) in [6, 6.07) is 4.79. The molecule has 1 aliphatic heterocycles. The smallest absolute Gasteiger partial charge is 0.391 e. The zero-order valence-corrected chi connectivity index (χ0v) is 12.9. The van der Waals surface area contributed by atoms with E-state index in [0.717, 1.165) is 6.07 Å². The van der Waals surface area contributed by atoms with Gasteiger partial charge in [-0.1, -0.05) is 18.2 Å². The molecule has 2 aromatic heterocycles. The molecule has 1 aliphatic rings. The Bertz CT molecular complexity index is 910. The van der Waals surface area contributed by atoms with Gasteiger partial charge in [0.15, 0.2) is 11.5 Å². The summed E-state index contributed by atoms with van der Waals surface area (Å²) in [5, 5.41) is 10.1. The van der Waals surface area contributed by atoms with E-state index in [1.54, 1.807) is 11.0 Å². The van der Waals surface area contributed by atoms with Gasteiger partial charge in [-0.15, -0.1) is 0 Å². The van der Waals surface area contributed by atoms with Crippen molar-refractivity contribution >= 4 is 17.0 Å². The van der Waals surface area contributed by atoms with Gasteiger partial charge in [0, 0.05) is 6.54 Å². The number of nitrogens with zero attached hydrogens (tertiary/aromatic N) is 4. The normalized spacial score (nSPS) is 21.2. The second kappa shape index (κ2) is 5.69. The number of aliphatic hydroxyl groups is 1. The molecule has 0 amide bonds. The van der Waals surface area contributed by atoms with Crippen molar-refractivity contribution in [3.63, 3.8) is 0 Å². The van der Waals surface area contributed by atoms with Crippen molar-refractivity contribution in [3.8, 4) is 0 Å². The molecular formula is C16H14F3N5O. The number of aliphatic hydroxyl groups excluding tert-OH is 1. The Morgan fingerprint density at radius 2 is 1.96 bits per heavy atom. The van der Waals surface area contributed by atoms with Gasteiger partial charge in [-0.25, -0.2) is 15.0 Å². The molecule has 0 bridgehead atoms. The number of anilines is 1. The lowest BCUT2D eigenvalue weighted by Crippen LogP contribution is -2.27. The Balaban J connectivity index is 1.84. The highest BCUT2D eigenvalue weighted by atomic mass is 19.4. The van der Waals surface area contributed by atoms with Crippen LogP contribution >= 0.6 is 0 Å². The Labute approximate surface area is 140 Å². The summed E-state index contributed by atoms with van der Waals surface area (Å²) in [4.78, 5) is 16.9. The number of halogens is 3. The van der Waals surface area contributed by atoms with Gasteiger partial charge in [0.2, 0.25) is 0 Å². The Morgan fingerprint density at radius 1 is 1.16 bits per heavy atom. The number of imidazole rings is 1. The molecule has 2 atom stereocenters. The number of aromatic amines is 1. The van der Waals surface area contributed by atoms with Gasteiger partial charge in [0.1, 0.15) is 11.8 Å². The second-order valence-electron chi connectivity index (χ2n) is 5.94. The molecule has 0 aliphatic carbocycles. The maximum Gasteiger partial charge on any atom is 0.416 e. The summed E-state index contributed by atoms with van der Waals surface area (Å²) in [7, 11) is 0. The van der Waals surface area contributed by atoms with Crippen LogP contribution in [0.2, 0.25) is 0 Å². The fourth-order valence-electron chi connectivity index (χ4n) is 3.36. The highest BCUT2D eigenvalue weighted by molar-refractivity contribution is 5.83. The Morgan fingerprint density at radius 3 is 2.76 bits per heavy atom. The fourth-order valence-corrected chi connectivity index (χ4v) is 3.36. The number of H-pyrrole nitrogens is 1. The molecule has 25 heavy (non-hydrogen) atoms. The van der Waals surface area contributed by atoms with Crippen LogP contribution in [0.3, 0.4) is 0 Å². The first-order valence-corrected chi connectivity index (χ1v) is 7.70. The first-order chi connectivity index (χ1) is 11.9. The summed E-state index contributed by atoms with van der Waals surface area (Å²) < 4.78 is 40.2. The maximum absolute atomic E-state index is 13.4. The van der Waals surface area contributed by atoms with E-state index in [1.165, 1.54) is 24.8 Å². The fraction of sp³-hybridized carbons (Fsp3) is 0.312. The molecule has 1 aromatic carbocycles. The first-order valence-electron chi connectivity index (χ1n) is 7.70. The highest BCUT2D eigenvalue weighted by Gasteiger charge is 2.40. The van der Waals surface area contributed by atoms with Crippen LogP contribution < -0.4 is 4.90 Å². The van der Waals surface area contributed by atoms with Crippen LogP contribution in [0.25, 0.3) is 11.2 Å². The van der Waals surface area contributed by atoms with Crippen LogP contribution in [0.15, 0.2) is 36.9 Å². The molecular weight excluding hydrogens is 335 g/mol. The standard InChI is InChI=1S/C16H14F3N5O/c17-16(18,19)11-4-2-1-3-10(11)12-5-9(25)6-24(12)15-13-14(21-7-20-13)22-8-23-15/h1-4,7-9,12,25H,5-6H2,(H,20,21,22,23)/t9-,12-/m0/s1. The Kier molecular flexibility index (Phi) is 3.60. The minimum absolute atomic E-state index is 0.123. The first kappa shape index (κ1) is 15.8. The van der Waals surface area contributed by atoms with Crippen molar-refractivity contribution in [1.82, 2.24) is 19.9 Å². The van der Waals surface area contributed by atoms with Crippen LogP contribution in [0.1, 0.15) is 23.6 Å². The number of benzene rings is 1. The van der Waals surface area contributed by atoms with E-state index in [9.17, 15) is 18.3 Å². The van der Waals surface area contributed by atoms with Gasteiger partial charge in [0.05, 0.1) is 24.0 Å². The van der Waals surface area contributed by atoms with Crippen LogP contribution in [-0.4, -0.2) is 37.7 Å². The summed E-state index contributed by atoms with van der Waals surface area (Å²) in [6.45, 7) is 0.183. The van der Waals surface area contributed by atoms with Crippen molar-refractivity contribution < 1.29 is 18.3 Å². The van der Waals surface area contributed by atoms with Gasteiger partial charge >= 0.3 is 6.18 Å². The van der Waals surface area contributed by atoms with Gasteiger partial charge < -0.3 is 15.0 Å². The van der Waals surface area contributed by atoms with E-state index in [-0.39, 0.29) is 18.5 Å². The maximum atomic E-state index is 13.4. The van der Waals surface area contributed by atoms with Crippen molar-refractivity contribution in [2.75, 3.05) is 11.4 Å². The minimum atomic E-state index is -4.47. The lowest BCUT2D eigenvalue weighted by atomic mass is 9.97. The number of alkyl halides is 3. The molecule has 9 heteroatoms. The van der Waals surface area contributed by atoms with Crippen LogP contribution in [0.4, 0.5) is 19.0 Å². The predicted octanol–water partition coefficient (Wildman–Crippen LogP) is 2.68. The Hall–Kier alpha value is -2.68. The average molecular weight is 349 g/mol. The summed E-state index contributed by atoms with van der Waals surface area (Å²) >= 11 is 0. The van der Waals surface area contributed by atoms with Crippen molar-refractivity contribution in [2.24, 2.45) is 0 Å². The monoisotopic (exact) mass is 349 g/mol. The molecule has 2 N–H and O–H groups in total. The third-order valence-electron chi connectivity index (χ3n) is 4.38. The average Bonchev–Trinajstić information content (AvgIpc) is 3.20. The molecule has 6 nitrogen and oxygen atoms in total. The number of hydrogen-bond donors (Lipinski definition) is 2. The van der Waals surface area contributed by atoms with Gasteiger partial charge in [-0.3, -0.25) is 0 Å². The third-order valence-corrected chi connectivity index (χ3v) is 4.38. The molecule has 0 unspecified atom stereocenters. The predicted molar refractivity (Wildman–Crippen MR) is 83.8 cm³/mol. The number of hydrogen-bond acceptors (Lipinski definition) is 5. The summed E-state index contributed by atoms with van der Waals surface area (Å²) in [6.07, 6.45) is -2.26. The van der Waals surface area contributed by atoms with E-state index in [4.69, 9.17) is 0 Å². The number of fused-ring (bicyclic) bond motifs is 1. The van der Waals surface area contributed by atoms with Gasteiger partial charge in [-0.05, 0) is 18.1 Å². The lowest BCUT2D eigenvalue weighted by Gasteiger charge is -2.28. The largest absolute Gasteiger partial charge is 0.416 e. The quantitative estimate of drug-likeness (QED) is 0.744. The minimum Gasteiger partial charge on any atom is -0.391 e. The van der Waals surface area contributed by atoms with E-state index in [1.807, 2.05) is 0 Å². The van der Waals surface area contributed by atoms with E-state index in [2.05, 4.69) is 19.9 Å². The van der Waals surface area contributed by atoms with E-state index < -0.39 is 23.9 Å². The molecule has 4 rings (SSSR count). The molecule has 3 heterocycles. The van der Waals surface area contributed by atoms with Crippen LogP contribution in [-0.2, 0) is 6.18 Å². The number of β-amino-alcohol motifs (C(OH)–C–C–N with tert-alkyl or cyclic N) is 1. The van der Waals surface area contributed by atoms with E-state index in [0.29, 0.717) is 17.0 Å². The number of nitrogens with one attached hydrogen (secondary N) is 1. The molecule has 3 aromatic rings. The molecule has 1 fully saturated rings. The second-order valence-corrected chi connectivity index (χ2v) is 5.94. The summed E-state index contributed by atoms with van der Waals surface area (Å²) in [5.74, 6) is 0.432. The van der Waals surface area contributed by atoms with Crippen molar-refractivity contribution in [3.05, 3.63) is 48.0 Å². The highest BCUT2D eigenvalue weighted by Crippen LogP contribution is 2.42. The SMILES string of the molecule is O[C@H]1C[C@@H](c2ccccc2C(F)(F)F)N(c2ncnc3nc[nH]c23)C1. The van der Waals surface area contributed by atoms with Gasteiger partial charge in [0.25, 0.3) is 0 Å². The third kappa shape index (κ3) is 2.70. The molecule has 1 saturated heterocycles. The molecule has 130 valence electrons. The van der Waals surface area contributed by atoms with Gasteiger partial charge in [-0.2, -0.15) is 13.2 Å². The van der Waals surface area contributed by atoms with Crippen LogP contribution in [0.5, 0.6) is 0 Å². The molecule has 0 saturated carbocycles. The van der Waals surface area contributed by atoms with Crippen LogP contribution in [0, 0.1) is 0 Å². The number of aromatic nitrogens is 4. The zero-order valence-electron chi connectivity index (χ0n) is 12.9. The van der Waals surface area contributed by atoms with Crippen molar-refractivity contribution in [1.29, 1.82) is 0 Å². The lowest BCUT2D eigenvalue weighted by molar-refractivity contribution is -0.138. The van der Waals surface area contributed by atoms with Crippen molar-refractivity contribution in [2.45, 2.75) is 24.7 Å². The number of rotatable bonds is 2. The molecule has 0 radical (unpaired) electrons. The van der Waals surface area contributed by atoms with E-state index >= 15 is 0 Å². The zero-order chi connectivity index (χ0) is 17.6. The molecule has 0 spiro atoms.